The van der Waals surface area contributed by atoms with Gasteiger partial charge in [0.2, 0.25) is 0 Å². The zero-order chi connectivity index (χ0) is 12.9. The number of hydrogen-bond donors (Lipinski definition) is 0. The van der Waals surface area contributed by atoms with E-state index in [4.69, 9.17) is 11.6 Å². The summed E-state index contributed by atoms with van der Waals surface area (Å²) >= 11 is 5.55. The summed E-state index contributed by atoms with van der Waals surface area (Å²) in [5, 5.41) is -0.351. The van der Waals surface area contributed by atoms with E-state index in [0.717, 1.165) is 18.4 Å². The number of carbonyl (C=O) groups is 1. The molecule has 0 spiro atoms. The maximum atomic E-state index is 11.2. The third-order valence-corrected chi connectivity index (χ3v) is 3.06. The van der Waals surface area contributed by atoms with Crippen LogP contribution in [0.4, 0.5) is 0 Å². The van der Waals surface area contributed by atoms with E-state index in [1.165, 1.54) is 12.8 Å². The van der Waals surface area contributed by atoms with Crippen LogP contribution in [0.2, 0.25) is 0 Å². The van der Waals surface area contributed by atoms with Gasteiger partial charge >= 0.3 is 0 Å². The van der Waals surface area contributed by atoms with Gasteiger partial charge < -0.3 is 0 Å². The SMILES string of the molecule is CC(C)(C)CCCCc1ccccc1C(=O)Cl. The number of aryl methyl sites for hydroxylation is 1. The first-order chi connectivity index (χ1) is 7.90. The molecule has 1 aromatic carbocycles. The fourth-order valence-electron chi connectivity index (χ4n) is 1.90. The lowest BCUT2D eigenvalue weighted by Gasteiger charge is -2.17. The van der Waals surface area contributed by atoms with Crippen LogP contribution in [0.25, 0.3) is 0 Å². The first-order valence-corrected chi connectivity index (χ1v) is 6.56. The molecule has 0 saturated carbocycles. The Labute approximate surface area is 109 Å². The molecule has 1 rings (SSSR count). The molecule has 0 aliphatic rings. The quantitative estimate of drug-likeness (QED) is 0.542. The normalized spacial score (nSPS) is 11.5. The average molecular weight is 253 g/mol. The van der Waals surface area contributed by atoms with Gasteiger partial charge in [0.15, 0.2) is 0 Å². The monoisotopic (exact) mass is 252 g/mol. The van der Waals surface area contributed by atoms with Gasteiger partial charge in [0.05, 0.1) is 0 Å². The fourth-order valence-corrected chi connectivity index (χ4v) is 2.09. The zero-order valence-electron chi connectivity index (χ0n) is 10.9. The van der Waals surface area contributed by atoms with Crippen LogP contribution in [-0.2, 0) is 6.42 Å². The van der Waals surface area contributed by atoms with E-state index in [2.05, 4.69) is 20.8 Å². The van der Waals surface area contributed by atoms with Crippen molar-refractivity contribution >= 4 is 16.8 Å². The molecular weight excluding hydrogens is 232 g/mol. The highest BCUT2D eigenvalue weighted by Crippen LogP contribution is 2.23. The van der Waals surface area contributed by atoms with Crippen molar-refractivity contribution < 1.29 is 4.79 Å². The van der Waals surface area contributed by atoms with Gasteiger partial charge in [-0.05, 0) is 47.9 Å². The fraction of sp³-hybridized carbons (Fsp3) is 0.533. The van der Waals surface area contributed by atoms with Gasteiger partial charge in [-0.2, -0.15) is 0 Å². The third kappa shape index (κ3) is 5.36. The van der Waals surface area contributed by atoms with Crippen LogP contribution in [0.15, 0.2) is 24.3 Å². The van der Waals surface area contributed by atoms with E-state index in [1.54, 1.807) is 6.07 Å². The van der Waals surface area contributed by atoms with Gasteiger partial charge in [-0.15, -0.1) is 0 Å². The Morgan fingerprint density at radius 3 is 2.41 bits per heavy atom. The summed E-state index contributed by atoms with van der Waals surface area (Å²) < 4.78 is 0. The first kappa shape index (κ1) is 14.2. The second-order valence-corrected chi connectivity index (χ2v) is 6.04. The molecule has 0 aliphatic carbocycles. The maximum Gasteiger partial charge on any atom is 0.252 e. The second kappa shape index (κ2) is 6.20. The highest BCUT2D eigenvalue weighted by molar-refractivity contribution is 6.67. The van der Waals surface area contributed by atoms with Crippen molar-refractivity contribution in [1.82, 2.24) is 0 Å². The van der Waals surface area contributed by atoms with Gasteiger partial charge in [0.1, 0.15) is 0 Å². The van der Waals surface area contributed by atoms with E-state index in [9.17, 15) is 4.79 Å². The Bertz CT molecular complexity index is 377. The van der Waals surface area contributed by atoms with Gasteiger partial charge in [-0.3, -0.25) is 4.79 Å². The highest BCUT2D eigenvalue weighted by atomic mass is 35.5. The standard InChI is InChI=1S/C15H21ClO/c1-15(2,3)11-7-6-9-12-8-4-5-10-13(12)14(16)17/h4-5,8,10H,6-7,9,11H2,1-3H3. The Hall–Kier alpha value is -0.820. The highest BCUT2D eigenvalue weighted by Gasteiger charge is 2.10. The number of rotatable bonds is 5. The van der Waals surface area contributed by atoms with Crippen molar-refractivity contribution in [1.29, 1.82) is 0 Å². The molecule has 0 heterocycles. The molecule has 2 heteroatoms. The second-order valence-electron chi connectivity index (χ2n) is 5.70. The van der Waals surface area contributed by atoms with Gasteiger partial charge in [-0.1, -0.05) is 45.4 Å². The molecule has 0 saturated heterocycles. The molecule has 0 aromatic heterocycles. The largest absolute Gasteiger partial charge is 0.276 e. The predicted octanol–water partition coefficient (Wildman–Crippen LogP) is 4.82. The maximum absolute atomic E-state index is 11.2. The van der Waals surface area contributed by atoms with Crippen LogP contribution < -0.4 is 0 Å². The molecule has 0 radical (unpaired) electrons. The van der Waals surface area contributed by atoms with Crippen molar-refractivity contribution in [2.24, 2.45) is 5.41 Å². The van der Waals surface area contributed by atoms with Crippen LogP contribution >= 0.6 is 11.6 Å². The van der Waals surface area contributed by atoms with Crippen LogP contribution in [-0.4, -0.2) is 5.24 Å². The van der Waals surface area contributed by atoms with E-state index in [-0.39, 0.29) is 5.24 Å². The molecule has 0 unspecified atom stereocenters. The molecule has 0 bridgehead atoms. The molecule has 1 aromatic rings. The number of benzene rings is 1. The number of halogens is 1. The van der Waals surface area contributed by atoms with Gasteiger partial charge in [-0.25, -0.2) is 0 Å². The Morgan fingerprint density at radius 1 is 1.18 bits per heavy atom. The number of hydrogen-bond acceptors (Lipinski definition) is 1. The summed E-state index contributed by atoms with van der Waals surface area (Å²) in [5.74, 6) is 0. The molecule has 1 nitrogen and oxygen atoms in total. The molecule has 0 amide bonds. The topological polar surface area (TPSA) is 17.1 Å². The Kier molecular flexibility index (Phi) is 5.20. The van der Waals surface area contributed by atoms with Gasteiger partial charge in [0, 0.05) is 5.56 Å². The minimum atomic E-state index is -0.351. The number of unbranched alkanes of at least 4 members (excludes halogenated alkanes) is 1. The lowest BCUT2D eigenvalue weighted by molar-refractivity contribution is 0.108. The van der Waals surface area contributed by atoms with Crippen molar-refractivity contribution in [2.75, 3.05) is 0 Å². The first-order valence-electron chi connectivity index (χ1n) is 6.18. The molecule has 0 aliphatic heterocycles. The molecule has 0 atom stereocenters. The summed E-state index contributed by atoms with van der Waals surface area (Å²) in [6.07, 6.45) is 4.45. The minimum absolute atomic E-state index is 0.351. The summed E-state index contributed by atoms with van der Waals surface area (Å²) in [7, 11) is 0. The van der Waals surface area contributed by atoms with Crippen molar-refractivity contribution in [3.05, 3.63) is 35.4 Å². The lowest BCUT2D eigenvalue weighted by atomic mass is 9.89. The smallest absolute Gasteiger partial charge is 0.252 e. The predicted molar refractivity (Wildman–Crippen MR) is 73.6 cm³/mol. The van der Waals surface area contributed by atoms with Crippen LogP contribution in [0.1, 0.15) is 56.0 Å². The lowest BCUT2D eigenvalue weighted by Crippen LogP contribution is -2.05. The molecular formula is C15H21ClO. The summed E-state index contributed by atoms with van der Waals surface area (Å²) in [5.41, 5.74) is 2.12. The van der Waals surface area contributed by atoms with Crippen LogP contribution in [0, 0.1) is 5.41 Å². The van der Waals surface area contributed by atoms with Gasteiger partial charge in [0.25, 0.3) is 5.24 Å². The van der Waals surface area contributed by atoms with Crippen molar-refractivity contribution in [2.45, 2.75) is 46.5 Å². The van der Waals surface area contributed by atoms with E-state index < -0.39 is 0 Å². The third-order valence-electron chi connectivity index (χ3n) is 2.85. The van der Waals surface area contributed by atoms with E-state index in [0.29, 0.717) is 11.0 Å². The van der Waals surface area contributed by atoms with Crippen molar-refractivity contribution in [3.8, 4) is 0 Å². The Morgan fingerprint density at radius 2 is 1.82 bits per heavy atom. The summed E-state index contributed by atoms with van der Waals surface area (Å²) in [4.78, 5) is 11.2. The Balaban J connectivity index is 2.49. The van der Waals surface area contributed by atoms with Crippen molar-refractivity contribution in [3.63, 3.8) is 0 Å². The van der Waals surface area contributed by atoms with E-state index in [1.807, 2.05) is 18.2 Å². The summed E-state index contributed by atoms with van der Waals surface area (Å²) in [6, 6.07) is 7.61. The summed E-state index contributed by atoms with van der Waals surface area (Å²) in [6.45, 7) is 6.76. The molecule has 17 heavy (non-hydrogen) atoms. The minimum Gasteiger partial charge on any atom is -0.276 e. The molecule has 94 valence electrons. The zero-order valence-corrected chi connectivity index (χ0v) is 11.7. The van der Waals surface area contributed by atoms with Crippen LogP contribution in [0.3, 0.4) is 0 Å². The van der Waals surface area contributed by atoms with Crippen LogP contribution in [0.5, 0.6) is 0 Å². The molecule has 0 N–H and O–H groups in total. The van der Waals surface area contributed by atoms with E-state index >= 15 is 0 Å². The molecule has 0 fully saturated rings. The average Bonchev–Trinajstić information content (AvgIpc) is 2.23. The number of carbonyl (C=O) groups excluding carboxylic acids is 1.